The Bertz CT molecular complexity index is 371. The van der Waals surface area contributed by atoms with Crippen molar-refractivity contribution >= 4 is 11.4 Å². The van der Waals surface area contributed by atoms with E-state index in [1.165, 1.54) is 0 Å². The topological polar surface area (TPSA) is 68.0 Å². The van der Waals surface area contributed by atoms with E-state index in [0.29, 0.717) is 25.5 Å². The summed E-state index contributed by atoms with van der Waals surface area (Å²) >= 11 is 0. The van der Waals surface area contributed by atoms with Crippen molar-refractivity contribution in [1.82, 2.24) is 0 Å². The maximum atomic E-state index is 8.62. The van der Waals surface area contributed by atoms with Gasteiger partial charge in [0.1, 0.15) is 12.4 Å². The van der Waals surface area contributed by atoms with Gasteiger partial charge in [0, 0.05) is 18.3 Å². The molecule has 94 valence electrons. The number of anilines is 2. The summed E-state index contributed by atoms with van der Waals surface area (Å²) in [6.45, 7) is 3.36. The third-order valence-electron chi connectivity index (χ3n) is 2.68. The summed E-state index contributed by atoms with van der Waals surface area (Å²) in [6.07, 6.45) is 0. The van der Waals surface area contributed by atoms with E-state index in [0.717, 1.165) is 24.5 Å². The van der Waals surface area contributed by atoms with E-state index < -0.39 is 0 Å². The molecule has 5 heteroatoms. The lowest BCUT2D eigenvalue weighted by Crippen LogP contribution is -2.35. The summed E-state index contributed by atoms with van der Waals surface area (Å²) in [5.41, 5.74) is 7.48. The van der Waals surface area contributed by atoms with Gasteiger partial charge < -0.3 is 25.2 Å². The molecule has 1 aromatic rings. The van der Waals surface area contributed by atoms with Crippen molar-refractivity contribution < 1.29 is 14.6 Å². The van der Waals surface area contributed by atoms with Gasteiger partial charge in [-0.1, -0.05) is 0 Å². The fraction of sp³-hybridized carbons (Fsp3) is 0.500. The molecule has 1 aliphatic rings. The molecule has 1 heterocycles. The highest BCUT2D eigenvalue weighted by atomic mass is 16.5. The Hall–Kier alpha value is -1.46. The van der Waals surface area contributed by atoms with Crippen molar-refractivity contribution in [2.75, 3.05) is 50.2 Å². The van der Waals surface area contributed by atoms with Gasteiger partial charge in [-0.05, 0) is 12.1 Å². The number of ether oxygens (including phenoxy) is 2. The second kappa shape index (κ2) is 5.75. The SMILES string of the molecule is Nc1ccc2c(c1)OCCN2CCOCCO. The Morgan fingerprint density at radius 1 is 1.41 bits per heavy atom. The number of aliphatic hydroxyl groups excluding tert-OH is 1. The van der Waals surface area contributed by atoms with Crippen LogP contribution < -0.4 is 15.4 Å². The van der Waals surface area contributed by atoms with E-state index in [1.807, 2.05) is 18.2 Å². The van der Waals surface area contributed by atoms with Gasteiger partial charge in [-0.25, -0.2) is 0 Å². The first-order chi connectivity index (χ1) is 8.31. The molecule has 17 heavy (non-hydrogen) atoms. The number of fused-ring (bicyclic) bond motifs is 1. The van der Waals surface area contributed by atoms with Crippen LogP contribution in [0.4, 0.5) is 11.4 Å². The predicted molar refractivity (Wildman–Crippen MR) is 66.5 cm³/mol. The molecule has 0 saturated heterocycles. The molecule has 0 aliphatic carbocycles. The average molecular weight is 238 g/mol. The zero-order valence-corrected chi connectivity index (χ0v) is 9.76. The molecule has 5 nitrogen and oxygen atoms in total. The van der Waals surface area contributed by atoms with Crippen molar-refractivity contribution in [2.45, 2.75) is 0 Å². The van der Waals surface area contributed by atoms with Gasteiger partial charge in [-0.3, -0.25) is 0 Å². The molecule has 2 rings (SSSR count). The van der Waals surface area contributed by atoms with E-state index >= 15 is 0 Å². The average Bonchev–Trinajstić information content (AvgIpc) is 2.34. The highest BCUT2D eigenvalue weighted by Gasteiger charge is 2.17. The van der Waals surface area contributed by atoms with E-state index in [9.17, 15) is 0 Å². The second-order valence-corrected chi connectivity index (χ2v) is 3.90. The van der Waals surface area contributed by atoms with Gasteiger partial charge in [0.05, 0.1) is 32.1 Å². The smallest absolute Gasteiger partial charge is 0.144 e. The molecule has 0 spiro atoms. The largest absolute Gasteiger partial charge is 0.489 e. The molecule has 0 unspecified atom stereocenters. The summed E-state index contributed by atoms with van der Waals surface area (Å²) in [5.74, 6) is 0.832. The quantitative estimate of drug-likeness (QED) is 0.577. The standard InChI is InChI=1S/C12H18N2O3/c13-10-1-2-11-12(9-10)17-7-4-14(11)3-6-16-8-5-15/h1-2,9,15H,3-8,13H2. The molecule has 1 aliphatic heterocycles. The molecule has 0 saturated carbocycles. The van der Waals surface area contributed by atoms with E-state index in [2.05, 4.69) is 4.90 Å². The minimum absolute atomic E-state index is 0.0657. The van der Waals surface area contributed by atoms with Gasteiger partial charge >= 0.3 is 0 Å². The molecule has 0 radical (unpaired) electrons. The van der Waals surface area contributed by atoms with Crippen LogP contribution in [0.2, 0.25) is 0 Å². The van der Waals surface area contributed by atoms with Crippen molar-refractivity contribution in [3.63, 3.8) is 0 Å². The van der Waals surface area contributed by atoms with Crippen LogP contribution >= 0.6 is 0 Å². The fourth-order valence-corrected chi connectivity index (χ4v) is 1.87. The highest BCUT2D eigenvalue weighted by Crippen LogP contribution is 2.32. The van der Waals surface area contributed by atoms with Crippen molar-refractivity contribution in [1.29, 1.82) is 0 Å². The summed E-state index contributed by atoms with van der Waals surface area (Å²) in [4.78, 5) is 2.20. The Labute approximate surface area is 101 Å². The molecule has 0 fully saturated rings. The van der Waals surface area contributed by atoms with E-state index in [1.54, 1.807) is 0 Å². The molecule has 0 amide bonds. The van der Waals surface area contributed by atoms with Crippen LogP contribution in [0.15, 0.2) is 18.2 Å². The number of aliphatic hydroxyl groups is 1. The number of nitrogens with zero attached hydrogens (tertiary/aromatic N) is 1. The lowest BCUT2D eigenvalue weighted by Gasteiger charge is -2.31. The van der Waals surface area contributed by atoms with Crippen LogP contribution in [0.5, 0.6) is 5.75 Å². The van der Waals surface area contributed by atoms with Crippen LogP contribution in [0.25, 0.3) is 0 Å². The van der Waals surface area contributed by atoms with Crippen molar-refractivity contribution in [2.24, 2.45) is 0 Å². The number of rotatable bonds is 5. The number of nitrogens with two attached hydrogens (primary N) is 1. The van der Waals surface area contributed by atoms with Crippen molar-refractivity contribution in [3.8, 4) is 5.75 Å². The first kappa shape index (κ1) is 12.0. The molecular weight excluding hydrogens is 220 g/mol. The van der Waals surface area contributed by atoms with E-state index in [-0.39, 0.29) is 6.61 Å². The number of benzene rings is 1. The maximum absolute atomic E-state index is 8.62. The zero-order valence-electron chi connectivity index (χ0n) is 9.76. The Morgan fingerprint density at radius 2 is 2.29 bits per heavy atom. The predicted octanol–water partition coefficient (Wildman–Crippen LogP) is 0.476. The van der Waals surface area contributed by atoms with Crippen LogP contribution in [0.1, 0.15) is 0 Å². The van der Waals surface area contributed by atoms with Gasteiger partial charge in [-0.15, -0.1) is 0 Å². The van der Waals surface area contributed by atoms with Crippen LogP contribution in [0.3, 0.4) is 0 Å². The van der Waals surface area contributed by atoms with Gasteiger partial charge in [0.15, 0.2) is 0 Å². The summed E-state index contributed by atoms with van der Waals surface area (Å²) in [6, 6.07) is 5.68. The molecule has 0 bridgehead atoms. The monoisotopic (exact) mass is 238 g/mol. The Kier molecular flexibility index (Phi) is 4.06. The van der Waals surface area contributed by atoms with Crippen LogP contribution in [-0.2, 0) is 4.74 Å². The van der Waals surface area contributed by atoms with Gasteiger partial charge in [0.25, 0.3) is 0 Å². The zero-order chi connectivity index (χ0) is 12.1. The van der Waals surface area contributed by atoms with Gasteiger partial charge in [0.2, 0.25) is 0 Å². The molecule has 3 N–H and O–H groups in total. The van der Waals surface area contributed by atoms with Crippen LogP contribution in [-0.4, -0.2) is 44.6 Å². The third-order valence-corrected chi connectivity index (χ3v) is 2.68. The highest BCUT2D eigenvalue weighted by molar-refractivity contribution is 5.65. The second-order valence-electron chi connectivity index (χ2n) is 3.90. The summed E-state index contributed by atoms with van der Waals surface area (Å²) in [5, 5.41) is 8.62. The lowest BCUT2D eigenvalue weighted by molar-refractivity contribution is 0.0959. The summed E-state index contributed by atoms with van der Waals surface area (Å²) in [7, 11) is 0. The van der Waals surface area contributed by atoms with Crippen LogP contribution in [0, 0.1) is 0 Å². The molecule has 0 atom stereocenters. The normalized spacial score (nSPS) is 14.3. The lowest BCUT2D eigenvalue weighted by atomic mass is 10.2. The molecule has 0 aromatic heterocycles. The first-order valence-electron chi connectivity index (χ1n) is 5.77. The van der Waals surface area contributed by atoms with E-state index in [4.69, 9.17) is 20.3 Å². The molecule has 1 aromatic carbocycles. The third kappa shape index (κ3) is 3.01. The Balaban J connectivity index is 1.97. The number of hydrogen-bond acceptors (Lipinski definition) is 5. The summed E-state index contributed by atoms with van der Waals surface area (Å²) < 4.78 is 10.8. The number of nitrogen functional groups attached to an aromatic ring is 1. The Morgan fingerprint density at radius 3 is 3.12 bits per heavy atom. The minimum atomic E-state index is 0.0657. The van der Waals surface area contributed by atoms with Crippen molar-refractivity contribution in [3.05, 3.63) is 18.2 Å². The first-order valence-corrected chi connectivity index (χ1v) is 5.77. The van der Waals surface area contributed by atoms with Gasteiger partial charge in [-0.2, -0.15) is 0 Å². The minimum Gasteiger partial charge on any atom is -0.489 e. The maximum Gasteiger partial charge on any atom is 0.144 e. The molecular formula is C12H18N2O3. The fourth-order valence-electron chi connectivity index (χ4n) is 1.87. The number of hydrogen-bond donors (Lipinski definition) is 2.